The van der Waals surface area contributed by atoms with Crippen LogP contribution < -0.4 is 10.1 Å². The van der Waals surface area contributed by atoms with E-state index < -0.39 is 0 Å². The predicted molar refractivity (Wildman–Crippen MR) is 102 cm³/mol. The smallest absolute Gasteiger partial charge is 0.263 e. The lowest BCUT2D eigenvalue weighted by Gasteiger charge is -2.29. The SMILES string of the molecule is Cc1nc(COc2ccc(F)cc2)sc1C(=O)NCCN1CCCC(O)C1. The topological polar surface area (TPSA) is 74.7 Å². The molecule has 0 radical (unpaired) electrons. The summed E-state index contributed by atoms with van der Waals surface area (Å²) < 4.78 is 18.5. The number of ether oxygens (including phenoxy) is 1. The first-order valence-electron chi connectivity index (χ1n) is 9.04. The summed E-state index contributed by atoms with van der Waals surface area (Å²) in [5.41, 5.74) is 0.670. The first kappa shape index (κ1) is 19.7. The Labute approximate surface area is 162 Å². The molecule has 3 rings (SSSR count). The van der Waals surface area contributed by atoms with Gasteiger partial charge < -0.3 is 15.2 Å². The number of amides is 1. The van der Waals surface area contributed by atoms with E-state index in [1.807, 2.05) is 0 Å². The molecule has 1 saturated heterocycles. The summed E-state index contributed by atoms with van der Waals surface area (Å²) in [4.78, 5) is 19.5. The maximum Gasteiger partial charge on any atom is 0.263 e. The van der Waals surface area contributed by atoms with Gasteiger partial charge in [0.25, 0.3) is 5.91 Å². The lowest BCUT2D eigenvalue weighted by atomic mass is 10.1. The van der Waals surface area contributed by atoms with E-state index in [0.29, 0.717) is 34.4 Å². The Bertz CT molecular complexity index is 766. The molecule has 0 bridgehead atoms. The second-order valence-corrected chi connectivity index (χ2v) is 7.70. The fourth-order valence-corrected chi connectivity index (χ4v) is 3.94. The number of thiazole rings is 1. The summed E-state index contributed by atoms with van der Waals surface area (Å²) in [6.45, 7) is 4.91. The van der Waals surface area contributed by atoms with Crippen LogP contribution in [0.25, 0.3) is 0 Å². The highest BCUT2D eigenvalue weighted by atomic mass is 32.1. The molecule has 1 aliphatic rings. The van der Waals surface area contributed by atoms with Crippen molar-refractivity contribution in [3.05, 3.63) is 45.7 Å². The van der Waals surface area contributed by atoms with Gasteiger partial charge >= 0.3 is 0 Å². The van der Waals surface area contributed by atoms with Crippen LogP contribution in [-0.4, -0.2) is 53.2 Å². The number of nitrogens with zero attached hydrogens (tertiary/aromatic N) is 2. The van der Waals surface area contributed by atoms with Crippen molar-refractivity contribution >= 4 is 17.2 Å². The van der Waals surface area contributed by atoms with Crippen molar-refractivity contribution in [2.75, 3.05) is 26.2 Å². The number of piperidine rings is 1. The highest BCUT2D eigenvalue weighted by Gasteiger charge is 2.19. The van der Waals surface area contributed by atoms with Gasteiger partial charge in [-0.25, -0.2) is 9.37 Å². The third-order valence-electron chi connectivity index (χ3n) is 4.42. The van der Waals surface area contributed by atoms with E-state index >= 15 is 0 Å². The second kappa shape index (κ2) is 9.25. The third-order valence-corrected chi connectivity index (χ3v) is 5.55. The molecule has 27 heavy (non-hydrogen) atoms. The number of halogens is 1. The van der Waals surface area contributed by atoms with Gasteiger partial charge in [-0.1, -0.05) is 0 Å². The molecule has 1 fully saturated rings. The molecular formula is C19H24FN3O3S. The van der Waals surface area contributed by atoms with Crippen molar-refractivity contribution in [2.45, 2.75) is 32.5 Å². The van der Waals surface area contributed by atoms with Crippen molar-refractivity contribution in [1.29, 1.82) is 0 Å². The van der Waals surface area contributed by atoms with Gasteiger partial charge in [0.15, 0.2) is 0 Å². The van der Waals surface area contributed by atoms with Crippen molar-refractivity contribution in [3.63, 3.8) is 0 Å². The third kappa shape index (κ3) is 5.72. The summed E-state index contributed by atoms with van der Waals surface area (Å²) in [5.74, 6) is 0.0972. The van der Waals surface area contributed by atoms with Crippen LogP contribution in [0.3, 0.4) is 0 Å². The minimum Gasteiger partial charge on any atom is -0.486 e. The van der Waals surface area contributed by atoms with Crippen molar-refractivity contribution in [1.82, 2.24) is 15.2 Å². The largest absolute Gasteiger partial charge is 0.486 e. The van der Waals surface area contributed by atoms with Crippen molar-refractivity contribution < 1.29 is 19.0 Å². The summed E-state index contributed by atoms with van der Waals surface area (Å²) in [5, 5.41) is 13.3. The quantitative estimate of drug-likeness (QED) is 0.755. The number of aryl methyl sites for hydroxylation is 1. The number of nitrogens with one attached hydrogen (secondary N) is 1. The Balaban J connectivity index is 1.47. The Morgan fingerprint density at radius 2 is 2.22 bits per heavy atom. The Morgan fingerprint density at radius 3 is 2.96 bits per heavy atom. The van der Waals surface area contributed by atoms with Crippen LogP contribution in [0.5, 0.6) is 5.75 Å². The number of benzene rings is 1. The zero-order chi connectivity index (χ0) is 19.2. The van der Waals surface area contributed by atoms with Gasteiger partial charge in [0, 0.05) is 19.6 Å². The lowest BCUT2D eigenvalue weighted by molar-refractivity contribution is 0.0703. The minimum absolute atomic E-state index is 0.143. The van der Waals surface area contributed by atoms with E-state index in [0.717, 1.165) is 25.9 Å². The molecule has 1 aromatic heterocycles. The Kier molecular flexibility index (Phi) is 6.76. The van der Waals surface area contributed by atoms with Crippen LogP contribution in [0.15, 0.2) is 24.3 Å². The van der Waals surface area contributed by atoms with Crippen LogP contribution >= 0.6 is 11.3 Å². The maximum atomic E-state index is 12.9. The molecule has 1 atom stereocenters. The molecule has 2 N–H and O–H groups in total. The van der Waals surface area contributed by atoms with Crippen LogP contribution in [0.2, 0.25) is 0 Å². The number of aliphatic hydroxyl groups excluding tert-OH is 1. The Hall–Kier alpha value is -2.03. The van der Waals surface area contributed by atoms with Gasteiger partial charge in [0.05, 0.1) is 11.8 Å². The zero-order valence-corrected chi connectivity index (χ0v) is 16.1. The number of β-amino-alcohol motifs (C(OH)–C–C–N with tert-alkyl or cyclic N) is 1. The van der Waals surface area contributed by atoms with Gasteiger partial charge in [-0.3, -0.25) is 9.69 Å². The highest BCUT2D eigenvalue weighted by Crippen LogP contribution is 2.20. The molecule has 1 aliphatic heterocycles. The Morgan fingerprint density at radius 1 is 1.44 bits per heavy atom. The fourth-order valence-electron chi connectivity index (χ4n) is 3.04. The van der Waals surface area contributed by atoms with Crippen molar-refractivity contribution in [2.24, 2.45) is 0 Å². The number of hydrogen-bond acceptors (Lipinski definition) is 6. The number of hydrogen-bond donors (Lipinski definition) is 2. The van der Waals surface area contributed by atoms with Gasteiger partial charge in [-0.05, 0) is 50.6 Å². The second-order valence-electron chi connectivity index (χ2n) is 6.62. The molecule has 146 valence electrons. The number of aliphatic hydroxyl groups is 1. The molecular weight excluding hydrogens is 369 g/mol. The van der Waals surface area contributed by atoms with E-state index in [4.69, 9.17) is 4.74 Å². The molecule has 1 amide bonds. The molecule has 6 nitrogen and oxygen atoms in total. The lowest BCUT2D eigenvalue weighted by Crippen LogP contribution is -2.42. The molecule has 8 heteroatoms. The first-order valence-corrected chi connectivity index (χ1v) is 9.86. The average molecular weight is 393 g/mol. The molecule has 0 aliphatic carbocycles. The predicted octanol–water partition coefficient (Wildman–Crippen LogP) is 2.36. The van der Waals surface area contributed by atoms with E-state index in [1.165, 1.54) is 23.5 Å². The van der Waals surface area contributed by atoms with Gasteiger partial charge in [0.2, 0.25) is 0 Å². The number of aromatic nitrogens is 1. The van der Waals surface area contributed by atoms with E-state index in [-0.39, 0.29) is 24.4 Å². The zero-order valence-electron chi connectivity index (χ0n) is 15.3. The number of likely N-dealkylation sites (tertiary alicyclic amines) is 1. The molecule has 1 aromatic carbocycles. The van der Waals surface area contributed by atoms with Crippen LogP contribution in [0, 0.1) is 12.7 Å². The molecule has 0 spiro atoms. The van der Waals surface area contributed by atoms with Gasteiger partial charge in [-0.15, -0.1) is 11.3 Å². The number of carbonyl (C=O) groups is 1. The molecule has 1 unspecified atom stereocenters. The van der Waals surface area contributed by atoms with Crippen LogP contribution in [-0.2, 0) is 6.61 Å². The first-order chi connectivity index (χ1) is 13.0. The summed E-state index contributed by atoms with van der Waals surface area (Å²) in [6.07, 6.45) is 1.58. The monoisotopic (exact) mass is 393 g/mol. The summed E-state index contributed by atoms with van der Waals surface area (Å²) >= 11 is 1.30. The van der Waals surface area contributed by atoms with E-state index in [9.17, 15) is 14.3 Å². The van der Waals surface area contributed by atoms with E-state index in [1.54, 1.807) is 19.1 Å². The van der Waals surface area contributed by atoms with Crippen LogP contribution in [0.4, 0.5) is 4.39 Å². The van der Waals surface area contributed by atoms with Gasteiger partial charge in [0.1, 0.15) is 28.1 Å². The van der Waals surface area contributed by atoms with Crippen molar-refractivity contribution in [3.8, 4) is 5.75 Å². The fraction of sp³-hybridized carbons (Fsp3) is 0.474. The average Bonchev–Trinajstić information content (AvgIpc) is 3.02. The molecule has 2 heterocycles. The summed E-state index contributed by atoms with van der Waals surface area (Å²) in [6, 6.07) is 5.78. The normalized spacial score (nSPS) is 17.7. The number of carbonyl (C=O) groups excluding carboxylic acids is 1. The maximum absolute atomic E-state index is 12.9. The van der Waals surface area contributed by atoms with E-state index in [2.05, 4.69) is 15.2 Å². The molecule has 2 aromatic rings. The molecule has 0 saturated carbocycles. The van der Waals surface area contributed by atoms with Crippen LogP contribution in [0.1, 0.15) is 33.2 Å². The highest BCUT2D eigenvalue weighted by molar-refractivity contribution is 7.13. The number of rotatable bonds is 7. The summed E-state index contributed by atoms with van der Waals surface area (Å²) in [7, 11) is 0. The minimum atomic E-state index is -0.314. The standard InChI is InChI=1S/C19H24FN3O3S/c1-13-18(19(25)21-8-10-23-9-2-3-15(24)11-23)27-17(22-13)12-26-16-6-4-14(20)5-7-16/h4-7,15,24H,2-3,8-12H2,1H3,(H,21,25). The van der Waals surface area contributed by atoms with Gasteiger partial charge in [-0.2, -0.15) is 0 Å².